The maximum Gasteiger partial charge on any atom is 0.240 e. The first-order valence-electron chi connectivity index (χ1n) is 8.98. The number of ketones is 1. The van der Waals surface area contributed by atoms with Crippen LogP contribution in [0.3, 0.4) is 0 Å². The molecule has 0 saturated carbocycles. The molecule has 1 unspecified atom stereocenters. The van der Waals surface area contributed by atoms with Crippen molar-refractivity contribution in [3.63, 3.8) is 0 Å². The van der Waals surface area contributed by atoms with E-state index in [0.717, 1.165) is 11.3 Å². The van der Waals surface area contributed by atoms with Gasteiger partial charge in [-0.1, -0.05) is 30.3 Å². The fourth-order valence-corrected chi connectivity index (χ4v) is 4.04. The van der Waals surface area contributed by atoms with E-state index >= 15 is 0 Å². The van der Waals surface area contributed by atoms with E-state index < -0.39 is 10.0 Å². The van der Waals surface area contributed by atoms with Crippen LogP contribution in [0.1, 0.15) is 41.7 Å². The van der Waals surface area contributed by atoms with Crippen LogP contribution in [0.5, 0.6) is 5.75 Å². The minimum atomic E-state index is -3.74. The molecule has 1 atom stereocenters. The van der Waals surface area contributed by atoms with Crippen molar-refractivity contribution in [3.05, 3.63) is 59.7 Å². The minimum absolute atomic E-state index is 0.0181. The van der Waals surface area contributed by atoms with E-state index in [2.05, 4.69) is 10.0 Å². The largest absolute Gasteiger partial charge is 0.493 e. The Morgan fingerprint density at radius 3 is 2.54 bits per heavy atom. The van der Waals surface area contributed by atoms with Crippen LogP contribution in [0.15, 0.2) is 53.4 Å². The van der Waals surface area contributed by atoms with Crippen molar-refractivity contribution in [2.45, 2.75) is 30.7 Å². The summed E-state index contributed by atoms with van der Waals surface area (Å²) >= 11 is 0. The summed E-state index contributed by atoms with van der Waals surface area (Å²) in [5.74, 6) is 0.383. The Hall–Kier alpha value is -2.71. The first-order valence-corrected chi connectivity index (χ1v) is 10.5. The van der Waals surface area contributed by atoms with Gasteiger partial charge >= 0.3 is 0 Å². The van der Waals surface area contributed by atoms with Gasteiger partial charge in [-0.3, -0.25) is 9.59 Å². The normalized spacial score (nSPS) is 16.0. The highest BCUT2D eigenvalue weighted by molar-refractivity contribution is 7.89. The zero-order chi connectivity index (χ0) is 20.1. The van der Waals surface area contributed by atoms with Crippen molar-refractivity contribution in [1.29, 1.82) is 0 Å². The topological polar surface area (TPSA) is 102 Å². The Kier molecular flexibility index (Phi) is 6.11. The molecule has 148 valence electrons. The second-order valence-electron chi connectivity index (χ2n) is 6.52. The van der Waals surface area contributed by atoms with Gasteiger partial charge in [0.1, 0.15) is 5.75 Å². The summed E-state index contributed by atoms with van der Waals surface area (Å²) in [6.07, 6.45) is 0.682. The number of carbonyl (C=O) groups excluding carboxylic acids is 2. The molecular formula is C20H22N2O5S. The number of sulfonamides is 1. The lowest BCUT2D eigenvalue weighted by molar-refractivity contribution is -0.121. The van der Waals surface area contributed by atoms with Gasteiger partial charge in [0.05, 0.1) is 17.5 Å². The lowest BCUT2D eigenvalue weighted by Gasteiger charge is -2.26. The number of benzene rings is 2. The van der Waals surface area contributed by atoms with E-state index in [4.69, 9.17) is 4.74 Å². The van der Waals surface area contributed by atoms with Crippen LogP contribution >= 0.6 is 0 Å². The van der Waals surface area contributed by atoms with Crippen LogP contribution in [-0.4, -0.2) is 33.3 Å². The summed E-state index contributed by atoms with van der Waals surface area (Å²) in [4.78, 5) is 23.6. The minimum Gasteiger partial charge on any atom is -0.493 e. The molecule has 7 nitrogen and oxygen atoms in total. The zero-order valence-electron chi connectivity index (χ0n) is 15.5. The van der Waals surface area contributed by atoms with Crippen LogP contribution in [0.4, 0.5) is 0 Å². The van der Waals surface area contributed by atoms with E-state index in [-0.39, 0.29) is 35.6 Å². The van der Waals surface area contributed by atoms with Crippen LogP contribution in [0.2, 0.25) is 0 Å². The highest BCUT2D eigenvalue weighted by Crippen LogP contribution is 2.31. The predicted molar refractivity (Wildman–Crippen MR) is 104 cm³/mol. The summed E-state index contributed by atoms with van der Waals surface area (Å²) in [6, 6.07) is 13.1. The Morgan fingerprint density at radius 2 is 1.82 bits per heavy atom. The predicted octanol–water partition coefficient (Wildman–Crippen LogP) is 2.20. The Balaban J connectivity index is 1.53. The van der Waals surface area contributed by atoms with Gasteiger partial charge < -0.3 is 10.1 Å². The molecule has 0 aromatic heterocycles. The van der Waals surface area contributed by atoms with Crippen LogP contribution in [0.25, 0.3) is 0 Å². The third kappa shape index (κ3) is 4.76. The van der Waals surface area contributed by atoms with Crippen molar-refractivity contribution >= 4 is 21.7 Å². The molecular weight excluding hydrogens is 380 g/mol. The molecule has 0 aliphatic carbocycles. The van der Waals surface area contributed by atoms with E-state index in [9.17, 15) is 18.0 Å². The average Bonchev–Trinajstić information content (AvgIpc) is 2.68. The smallest absolute Gasteiger partial charge is 0.240 e. The van der Waals surface area contributed by atoms with Crippen molar-refractivity contribution in [1.82, 2.24) is 10.0 Å². The first-order chi connectivity index (χ1) is 13.4. The van der Waals surface area contributed by atoms with E-state index in [1.54, 1.807) is 0 Å². The molecule has 0 spiro atoms. The highest BCUT2D eigenvalue weighted by atomic mass is 32.2. The Bertz CT molecular complexity index is 970. The number of rotatable bonds is 7. The lowest BCUT2D eigenvalue weighted by atomic mass is 10.0. The maximum atomic E-state index is 12.3. The Morgan fingerprint density at radius 1 is 1.11 bits per heavy atom. The number of fused-ring (bicyclic) bond motifs is 1. The highest BCUT2D eigenvalue weighted by Gasteiger charge is 2.22. The third-order valence-electron chi connectivity index (χ3n) is 4.51. The van der Waals surface area contributed by atoms with Crippen molar-refractivity contribution in [2.24, 2.45) is 0 Å². The molecule has 28 heavy (non-hydrogen) atoms. The molecule has 2 aromatic rings. The second-order valence-corrected chi connectivity index (χ2v) is 8.29. The number of carbonyl (C=O) groups is 2. The van der Waals surface area contributed by atoms with E-state index in [1.807, 2.05) is 24.3 Å². The summed E-state index contributed by atoms with van der Waals surface area (Å²) in [5.41, 5.74) is 1.36. The zero-order valence-corrected chi connectivity index (χ0v) is 16.3. The number of Topliss-reactive ketones (excluding diaryl/α,β-unsaturated/α-hetero) is 1. The van der Waals surface area contributed by atoms with Crippen molar-refractivity contribution in [2.75, 3.05) is 13.2 Å². The molecule has 0 radical (unpaired) electrons. The molecule has 0 fully saturated rings. The maximum absolute atomic E-state index is 12.3. The molecule has 0 saturated heterocycles. The summed E-state index contributed by atoms with van der Waals surface area (Å²) < 4.78 is 32.6. The monoisotopic (exact) mass is 402 g/mol. The van der Waals surface area contributed by atoms with Gasteiger partial charge in [0.2, 0.25) is 15.9 Å². The van der Waals surface area contributed by atoms with Gasteiger partial charge in [0, 0.05) is 30.5 Å². The van der Waals surface area contributed by atoms with Crippen molar-refractivity contribution < 1.29 is 22.7 Å². The number of ether oxygens (including phenoxy) is 1. The number of amides is 1. The average molecular weight is 402 g/mol. The standard InChI is InChI=1S/C20H22N2O5S/c1-14(23)15-6-8-16(9-7-15)28(25,26)21-12-10-20(24)22-18-11-13-27-19-5-3-2-4-17(18)19/h2-9,18,21H,10-13H2,1H3,(H,22,24). The molecule has 1 aliphatic rings. The van der Waals surface area contributed by atoms with Gasteiger partial charge in [-0.2, -0.15) is 0 Å². The van der Waals surface area contributed by atoms with Gasteiger partial charge in [-0.25, -0.2) is 13.1 Å². The van der Waals surface area contributed by atoms with Crippen molar-refractivity contribution in [3.8, 4) is 5.75 Å². The van der Waals surface area contributed by atoms with Gasteiger partial charge in [0.25, 0.3) is 0 Å². The summed E-state index contributed by atoms with van der Waals surface area (Å²) in [6.45, 7) is 1.91. The molecule has 2 N–H and O–H groups in total. The fourth-order valence-electron chi connectivity index (χ4n) is 3.01. The molecule has 0 bridgehead atoms. The number of hydrogen-bond donors (Lipinski definition) is 2. The van der Waals surface area contributed by atoms with Crippen LogP contribution in [0, 0.1) is 0 Å². The first kappa shape index (κ1) is 20.0. The molecule has 8 heteroatoms. The van der Waals surface area contributed by atoms with E-state index in [0.29, 0.717) is 18.6 Å². The SMILES string of the molecule is CC(=O)c1ccc(S(=O)(=O)NCCC(=O)NC2CCOc3ccccc32)cc1. The molecule has 1 aliphatic heterocycles. The Labute approximate surface area is 164 Å². The van der Waals surface area contributed by atoms with Gasteiger partial charge in [-0.15, -0.1) is 0 Å². The second kappa shape index (κ2) is 8.53. The third-order valence-corrected chi connectivity index (χ3v) is 5.99. The summed E-state index contributed by atoms with van der Waals surface area (Å²) in [7, 11) is -3.74. The molecule has 3 rings (SSSR count). The fraction of sp³-hybridized carbons (Fsp3) is 0.300. The van der Waals surface area contributed by atoms with E-state index in [1.165, 1.54) is 31.2 Å². The van der Waals surface area contributed by atoms with Gasteiger partial charge in [-0.05, 0) is 25.1 Å². The molecule has 1 amide bonds. The van der Waals surface area contributed by atoms with Crippen LogP contribution in [-0.2, 0) is 14.8 Å². The number of para-hydroxylation sites is 1. The quantitative estimate of drug-likeness (QED) is 0.692. The van der Waals surface area contributed by atoms with Crippen LogP contribution < -0.4 is 14.8 Å². The lowest BCUT2D eigenvalue weighted by Crippen LogP contribution is -2.35. The molecule has 2 aromatic carbocycles. The van der Waals surface area contributed by atoms with Gasteiger partial charge in [0.15, 0.2) is 5.78 Å². The number of nitrogens with one attached hydrogen (secondary N) is 2. The molecule has 1 heterocycles. The summed E-state index contributed by atoms with van der Waals surface area (Å²) in [5, 5.41) is 2.93. The number of hydrogen-bond acceptors (Lipinski definition) is 5.